The predicted molar refractivity (Wildman–Crippen MR) is 65.2 cm³/mol. The van der Waals surface area contributed by atoms with Crippen LogP contribution in [-0.2, 0) is 4.79 Å². The van der Waals surface area contributed by atoms with Crippen LogP contribution in [0.5, 0.6) is 0 Å². The van der Waals surface area contributed by atoms with Gasteiger partial charge in [0, 0.05) is 17.4 Å². The van der Waals surface area contributed by atoms with Gasteiger partial charge in [0.05, 0.1) is 0 Å². The number of amides is 1. The number of carbonyl (C=O) groups excluding carboxylic acids is 1. The van der Waals surface area contributed by atoms with Crippen LogP contribution in [0.4, 0.5) is 5.69 Å². The molecule has 15 heavy (non-hydrogen) atoms. The third-order valence-corrected chi connectivity index (χ3v) is 3.75. The van der Waals surface area contributed by atoms with Crippen molar-refractivity contribution in [3.63, 3.8) is 0 Å². The van der Waals surface area contributed by atoms with E-state index in [0.29, 0.717) is 0 Å². The number of aryl methyl sites for hydroxylation is 1. The van der Waals surface area contributed by atoms with Crippen LogP contribution in [-0.4, -0.2) is 17.4 Å². The van der Waals surface area contributed by atoms with E-state index in [0.717, 1.165) is 23.6 Å². The maximum atomic E-state index is 11.8. The van der Waals surface area contributed by atoms with Crippen molar-refractivity contribution in [3.8, 4) is 0 Å². The van der Waals surface area contributed by atoms with E-state index in [1.165, 1.54) is 5.56 Å². The normalized spacial score (nSPS) is 20.2. The molecule has 2 nitrogen and oxygen atoms in total. The maximum absolute atomic E-state index is 11.8. The summed E-state index contributed by atoms with van der Waals surface area (Å²) in [6.45, 7) is 2.03. The van der Waals surface area contributed by atoms with Crippen molar-refractivity contribution in [2.45, 2.75) is 13.3 Å². The Morgan fingerprint density at radius 1 is 1.53 bits per heavy atom. The van der Waals surface area contributed by atoms with Crippen molar-refractivity contribution in [2.24, 2.45) is 5.92 Å². The number of hydrogen-bond donors (Lipinski definition) is 1. The Labute approximate surface area is 94.4 Å². The zero-order chi connectivity index (χ0) is 10.7. The van der Waals surface area contributed by atoms with E-state index in [-0.39, 0.29) is 11.8 Å². The van der Waals surface area contributed by atoms with Gasteiger partial charge in [0.25, 0.3) is 0 Å². The molecule has 0 spiro atoms. The van der Waals surface area contributed by atoms with Gasteiger partial charge in [0.2, 0.25) is 5.91 Å². The summed E-state index contributed by atoms with van der Waals surface area (Å²) in [4.78, 5) is 11.8. The van der Waals surface area contributed by atoms with Gasteiger partial charge >= 0.3 is 0 Å². The van der Waals surface area contributed by atoms with Crippen LogP contribution in [0.25, 0.3) is 0 Å². The molecule has 1 saturated heterocycles. The molecule has 2 rings (SSSR count). The second kappa shape index (κ2) is 4.71. The van der Waals surface area contributed by atoms with Crippen molar-refractivity contribution in [1.29, 1.82) is 0 Å². The molecule has 0 bridgehead atoms. The average molecular weight is 221 g/mol. The smallest absolute Gasteiger partial charge is 0.228 e. The molecule has 3 heteroatoms. The number of carbonyl (C=O) groups is 1. The molecule has 1 aliphatic heterocycles. The Hall–Kier alpha value is -0.960. The van der Waals surface area contributed by atoms with Crippen molar-refractivity contribution in [1.82, 2.24) is 0 Å². The fourth-order valence-electron chi connectivity index (χ4n) is 1.71. The molecule has 0 radical (unpaired) electrons. The molecule has 1 aliphatic rings. The van der Waals surface area contributed by atoms with Gasteiger partial charge in [-0.05, 0) is 36.8 Å². The molecule has 1 heterocycles. The van der Waals surface area contributed by atoms with Crippen LogP contribution in [0.1, 0.15) is 12.0 Å². The third kappa shape index (κ3) is 2.75. The summed E-state index contributed by atoms with van der Waals surface area (Å²) in [6.07, 6.45) is 1.02. The summed E-state index contributed by atoms with van der Waals surface area (Å²) in [5, 5.41) is 2.97. The minimum Gasteiger partial charge on any atom is -0.326 e. The molecule has 1 amide bonds. The van der Waals surface area contributed by atoms with Crippen LogP contribution in [0, 0.1) is 12.8 Å². The van der Waals surface area contributed by atoms with Crippen LogP contribution in [0.3, 0.4) is 0 Å². The van der Waals surface area contributed by atoms with E-state index in [9.17, 15) is 4.79 Å². The standard InChI is InChI=1S/C12H15NOS/c1-9-3-2-4-11(7-9)13-12(14)10-5-6-15-8-10/h2-4,7,10H,5-6,8H2,1H3,(H,13,14). The Kier molecular flexibility index (Phi) is 3.31. The maximum Gasteiger partial charge on any atom is 0.228 e. The monoisotopic (exact) mass is 221 g/mol. The van der Waals surface area contributed by atoms with Gasteiger partial charge in [-0.25, -0.2) is 0 Å². The molecule has 1 unspecified atom stereocenters. The fourth-order valence-corrected chi connectivity index (χ4v) is 2.93. The van der Waals surface area contributed by atoms with E-state index in [4.69, 9.17) is 0 Å². The molecule has 1 N–H and O–H groups in total. The summed E-state index contributed by atoms with van der Waals surface area (Å²) in [6, 6.07) is 7.93. The Morgan fingerprint density at radius 3 is 3.07 bits per heavy atom. The lowest BCUT2D eigenvalue weighted by Crippen LogP contribution is -2.22. The summed E-state index contributed by atoms with van der Waals surface area (Å²) in [5.74, 6) is 2.46. The first-order chi connectivity index (χ1) is 7.25. The molecular weight excluding hydrogens is 206 g/mol. The molecule has 1 atom stereocenters. The van der Waals surface area contributed by atoms with Crippen molar-refractivity contribution >= 4 is 23.4 Å². The molecule has 1 aromatic carbocycles. The quantitative estimate of drug-likeness (QED) is 0.832. The number of anilines is 1. The minimum absolute atomic E-state index is 0.172. The van der Waals surface area contributed by atoms with Crippen molar-refractivity contribution in [3.05, 3.63) is 29.8 Å². The second-order valence-corrected chi connectivity index (χ2v) is 5.07. The van der Waals surface area contributed by atoms with Crippen LogP contribution in [0.15, 0.2) is 24.3 Å². The summed E-state index contributed by atoms with van der Waals surface area (Å²) >= 11 is 1.86. The molecule has 0 aliphatic carbocycles. The SMILES string of the molecule is Cc1cccc(NC(=O)C2CCSC2)c1. The lowest BCUT2D eigenvalue weighted by Gasteiger charge is -2.09. The van der Waals surface area contributed by atoms with E-state index in [2.05, 4.69) is 5.32 Å². The van der Waals surface area contributed by atoms with Crippen molar-refractivity contribution in [2.75, 3.05) is 16.8 Å². The number of thioether (sulfide) groups is 1. The number of rotatable bonds is 2. The molecule has 0 aromatic heterocycles. The van der Waals surface area contributed by atoms with Gasteiger partial charge in [-0.3, -0.25) is 4.79 Å². The molecule has 80 valence electrons. The van der Waals surface area contributed by atoms with Crippen LogP contribution >= 0.6 is 11.8 Å². The molecule has 0 saturated carbocycles. The number of nitrogens with one attached hydrogen (secondary N) is 1. The first-order valence-electron chi connectivity index (χ1n) is 5.21. The first kappa shape index (κ1) is 10.6. The Balaban J connectivity index is 1.99. The first-order valence-corrected chi connectivity index (χ1v) is 6.36. The average Bonchev–Trinajstić information content (AvgIpc) is 2.70. The summed E-state index contributed by atoms with van der Waals surface area (Å²) in [5.41, 5.74) is 2.09. The van der Waals surface area contributed by atoms with Gasteiger partial charge in [0.15, 0.2) is 0 Å². The topological polar surface area (TPSA) is 29.1 Å². The lowest BCUT2D eigenvalue weighted by atomic mass is 10.1. The zero-order valence-corrected chi connectivity index (χ0v) is 9.64. The molecule has 1 aromatic rings. The van der Waals surface area contributed by atoms with Gasteiger partial charge in [-0.15, -0.1) is 0 Å². The highest BCUT2D eigenvalue weighted by atomic mass is 32.2. The van der Waals surface area contributed by atoms with Crippen molar-refractivity contribution < 1.29 is 4.79 Å². The van der Waals surface area contributed by atoms with E-state index in [1.54, 1.807) is 0 Å². The highest BCUT2D eigenvalue weighted by Gasteiger charge is 2.22. The largest absolute Gasteiger partial charge is 0.326 e. The van der Waals surface area contributed by atoms with E-state index in [1.807, 2.05) is 43.0 Å². The van der Waals surface area contributed by atoms with Crippen LogP contribution < -0.4 is 5.32 Å². The number of benzene rings is 1. The lowest BCUT2D eigenvalue weighted by molar-refractivity contribution is -0.119. The van der Waals surface area contributed by atoms with Gasteiger partial charge in [-0.2, -0.15) is 11.8 Å². The van der Waals surface area contributed by atoms with Gasteiger partial charge in [-0.1, -0.05) is 12.1 Å². The van der Waals surface area contributed by atoms with E-state index >= 15 is 0 Å². The Bertz CT molecular complexity index is 358. The second-order valence-electron chi connectivity index (χ2n) is 3.92. The van der Waals surface area contributed by atoms with E-state index < -0.39 is 0 Å². The predicted octanol–water partition coefficient (Wildman–Crippen LogP) is 2.69. The minimum atomic E-state index is 0.172. The van der Waals surface area contributed by atoms with Crippen LogP contribution in [0.2, 0.25) is 0 Å². The van der Waals surface area contributed by atoms with Gasteiger partial charge in [0.1, 0.15) is 0 Å². The third-order valence-electron chi connectivity index (χ3n) is 2.59. The highest BCUT2D eigenvalue weighted by Crippen LogP contribution is 2.24. The van der Waals surface area contributed by atoms with Gasteiger partial charge < -0.3 is 5.32 Å². The zero-order valence-electron chi connectivity index (χ0n) is 8.82. The highest BCUT2D eigenvalue weighted by molar-refractivity contribution is 7.99. The molecular formula is C12H15NOS. The summed E-state index contributed by atoms with van der Waals surface area (Å²) < 4.78 is 0. The molecule has 1 fully saturated rings. The number of hydrogen-bond acceptors (Lipinski definition) is 2. The fraction of sp³-hybridized carbons (Fsp3) is 0.417. The summed E-state index contributed by atoms with van der Waals surface area (Å²) in [7, 11) is 0. The Morgan fingerprint density at radius 2 is 2.40 bits per heavy atom.